The van der Waals surface area contributed by atoms with Gasteiger partial charge in [0.2, 0.25) is 15.9 Å². The number of benzene rings is 2. The first-order valence-electron chi connectivity index (χ1n) is 8.64. The average molecular weight is 404 g/mol. The molecule has 0 saturated heterocycles. The van der Waals surface area contributed by atoms with Gasteiger partial charge in [-0.1, -0.05) is 30.3 Å². The number of urea groups is 1. The number of hydrogen-bond acceptors (Lipinski definition) is 4. The van der Waals surface area contributed by atoms with Crippen LogP contribution in [0.1, 0.15) is 12.5 Å². The second-order valence-electron chi connectivity index (χ2n) is 6.40. The number of primary sulfonamides is 1. The second kappa shape index (κ2) is 9.34. The summed E-state index contributed by atoms with van der Waals surface area (Å²) in [4.78, 5) is 25.8. The van der Waals surface area contributed by atoms with Crippen LogP contribution in [0.2, 0.25) is 0 Å². The highest BCUT2D eigenvalue weighted by Crippen LogP contribution is 2.15. The van der Waals surface area contributed by atoms with Gasteiger partial charge in [-0.3, -0.25) is 4.79 Å². The molecule has 2 aromatic rings. The van der Waals surface area contributed by atoms with E-state index in [1.165, 1.54) is 6.92 Å². The number of nitrogens with one attached hydrogen (secondary N) is 2. The van der Waals surface area contributed by atoms with Crippen molar-refractivity contribution in [1.82, 2.24) is 5.32 Å². The molecule has 8 nitrogen and oxygen atoms in total. The lowest BCUT2D eigenvalue weighted by atomic mass is 10.1. The number of carbonyl (C=O) groups is 2. The van der Waals surface area contributed by atoms with Crippen molar-refractivity contribution in [2.75, 3.05) is 23.8 Å². The van der Waals surface area contributed by atoms with Crippen LogP contribution in [0.3, 0.4) is 0 Å². The number of amides is 3. The summed E-state index contributed by atoms with van der Waals surface area (Å²) in [6.07, 6.45) is 0.226. The summed E-state index contributed by atoms with van der Waals surface area (Å²) in [5.74, 6) is -0.0540. The molecule has 150 valence electrons. The molecule has 0 aliphatic rings. The van der Waals surface area contributed by atoms with Crippen molar-refractivity contribution in [1.29, 1.82) is 0 Å². The van der Waals surface area contributed by atoms with Crippen molar-refractivity contribution in [3.63, 3.8) is 0 Å². The third kappa shape index (κ3) is 6.36. The maximum absolute atomic E-state index is 12.4. The molecule has 1 atom stereocenters. The Balaban J connectivity index is 1.87. The predicted molar refractivity (Wildman–Crippen MR) is 110 cm³/mol. The molecule has 0 aromatic heterocycles. The van der Waals surface area contributed by atoms with Crippen LogP contribution in [0.5, 0.6) is 0 Å². The molecule has 2 aromatic carbocycles. The lowest BCUT2D eigenvalue weighted by molar-refractivity contribution is -0.117. The Labute approximate surface area is 164 Å². The first kappa shape index (κ1) is 21.4. The van der Waals surface area contributed by atoms with Gasteiger partial charge in [-0.15, -0.1) is 0 Å². The van der Waals surface area contributed by atoms with Crippen molar-refractivity contribution >= 4 is 33.3 Å². The van der Waals surface area contributed by atoms with E-state index in [0.717, 1.165) is 11.3 Å². The normalized spacial score (nSPS) is 12.1. The van der Waals surface area contributed by atoms with Crippen LogP contribution < -0.4 is 20.7 Å². The Hall–Kier alpha value is -2.91. The van der Waals surface area contributed by atoms with Gasteiger partial charge in [0, 0.05) is 25.0 Å². The van der Waals surface area contributed by atoms with Crippen molar-refractivity contribution in [3.8, 4) is 0 Å². The fourth-order valence-electron chi connectivity index (χ4n) is 2.32. The van der Waals surface area contributed by atoms with Gasteiger partial charge in [0.05, 0.1) is 11.7 Å². The Morgan fingerprint density at radius 1 is 1.07 bits per heavy atom. The molecule has 28 heavy (non-hydrogen) atoms. The highest BCUT2D eigenvalue weighted by molar-refractivity contribution is 7.89. The van der Waals surface area contributed by atoms with Gasteiger partial charge in [-0.2, -0.15) is 0 Å². The SMILES string of the molecule is C[C@H](CNC(=O)Nc1ccc(CC(=O)N(C)c2ccccc2)cc1)S(N)(=O)=O. The Morgan fingerprint density at radius 2 is 1.68 bits per heavy atom. The number of rotatable bonds is 7. The molecule has 0 spiro atoms. The van der Waals surface area contributed by atoms with E-state index in [4.69, 9.17) is 5.14 Å². The summed E-state index contributed by atoms with van der Waals surface area (Å²) < 4.78 is 22.3. The number of para-hydroxylation sites is 1. The van der Waals surface area contributed by atoms with Gasteiger partial charge in [0.1, 0.15) is 0 Å². The van der Waals surface area contributed by atoms with Gasteiger partial charge in [-0.25, -0.2) is 18.4 Å². The quantitative estimate of drug-likeness (QED) is 0.650. The Kier molecular flexibility index (Phi) is 7.13. The van der Waals surface area contributed by atoms with Gasteiger partial charge in [0.15, 0.2) is 0 Å². The van der Waals surface area contributed by atoms with Crippen LogP contribution in [-0.4, -0.2) is 39.2 Å². The maximum Gasteiger partial charge on any atom is 0.319 e. The molecule has 0 saturated carbocycles. The fraction of sp³-hybridized carbons (Fsp3) is 0.263. The molecular formula is C19H24N4O4S. The lowest BCUT2D eigenvalue weighted by Crippen LogP contribution is -2.39. The molecule has 0 aliphatic heterocycles. The monoisotopic (exact) mass is 404 g/mol. The molecule has 0 aliphatic carbocycles. The van der Waals surface area contributed by atoms with E-state index >= 15 is 0 Å². The predicted octanol–water partition coefficient (Wildman–Crippen LogP) is 1.69. The van der Waals surface area contributed by atoms with Crippen LogP contribution in [0.25, 0.3) is 0 Å². The summed E-state index contributed by atoms with van der Waals surface area (Å²) in [7, 11) is -1.97. The van der Waals surface area contributed by atoms with Gasteiger partial charge in [0.25, 0.3) is 0 Å². The lowest BCUT2D eigenvalue weighted by Gasteiger charge is -2.17. The minimum atomic E-state index is -3.69. The Bertz CT molecular complexity index is 915. The number of likely N-dealkylation sites (N-methyl/N-ethyl adjacent to an activating group) is 1. The van der Waals surface area contributed by atoms with E-state index in [9.17, 15) is 18.0 Å². The van der Waals surface area contributed by atoms with Crippen LogP contribution in [0.15, 0.2) is 54.6 Å². The van der Waals surface area contributed by atoms with Gasteiger partial charge in [-0.05, 0) is 36.8 Å². The highest BCUT2D eigenvalue weighted by Gasteiger charge is 2.16. The third-order valence-corrected chi connectivity index (χ3v) is 5.48. The van der Waals surface area contributed by atoms with Crippen LogP contribution in [0, 0.1) is 0 Å². The number of nitrogens with two attached hydrogens (primary N) is 1. The highest BCUT2D eigenvalue weighted by atomic mass is 32.2. The molecule has 4 N–H and O–H groups in total. The standard InChI is InChI=1S/C19H24N4O4S/c1-14(28(20,26)27)13-21-19(25)22-16-10-8-15(9-11-16)12-18(24)23(2)17-6-4-3-5-7-17/h3-11,14H,12-13H2,1-2H3,(H2,20,26,27)(H2,21,22,25)/t14-/m1/s1. The van der Waals surface area contributed by atoms with Crippen LogP contribution in [-0.2, 0) is 21.2 Å². The van der Waals surface area contributed by atoms with Crippen LogP contribution >= 0.6 is 0 Å². The van der Waals surface area contributed by atoms with E-state index in [1.807, 2.05) is 30.3 Å². The minimum Gasteiger partial charge on any atom is -0.337 e. The fourth-order valence-corrected chi connectivity index (χ4v) is 2.64. The molecule has 0 fully saturated rings. The summed E-state index contributed by atoms with van der Waals surface area (Å²) in [5, 5.41) is 9.16. The molecule has 9 heteroatoms. The summed E-state index contributed by atoms with van der Waals surface area (Å²) >= 11 is 0. The van der Waals surface area contributed by atoms with Gasteiger partial charge >= 0.3 is 6.03 Å². The zero-order chi connectivity index (χ0) is 20.7. The molecule has 3 amide bonds. The smallest absolute Gasteiger partial charge is 0.319 e. The molecular weight excluding hydrogens is 380 g/mol. The van der Waals surface area contributed by atoms with E-state index in [2.05, 4.69) is 10.6 Å². The van der Waals surface area contributed by atoms with E-state index in [-0.39, 0.29) is 18.9 Å². The first-order chi connectivity index (χ1) is 13.2. The zero-order valence-corrected chi connectivity index (χ0v) is 16.6. The van der Waals surface area contributed by atoms with E-state index < -0.39 is 21.3 Å². The number of nitrogens with zero attached hydrogens (tertiary/aromatic N) is 1. The molecule has 0 bridgehead atoms. The molecule has 0 heterocycles. The topological polar surface area (TPSA) is 122 Å². The third-order valence-electron chi connectivity index (χ3n) is 4.20. The second-order valence-corrected chi connectivity index (χ2v) is 8.38. The Morgan fingerprint density at radius 3 is 2.25 bits per heavy atom. The van der Waals surface area contributed by atoms with E-state index in [0.29, 0.717) is 5.69 Å². The number of hydrogen-bond donors (Lipinski definition) is 3. The minimum absolute atomic E-state index is 0.0540. The van der Waals surface area contributed by atoms with Gasteiger partial charge < -0.3 is 15.5 Å². The largest absolute Gasteiger partial charge is 0.337 e. The van der Waals surface area contributed by atoms with Crippen molar-refractivity contribution in [3.05, 3.63) is 60.2 Å². The van der Waals surface area contributed by atoms with Crippen molar-refractivity contribution in [2.45, 2.75) is 18.6 Å². The molecule has 2 rings (SSSR count). The average Bonchev–Trinajstić information content (AvgIpc) is 2.67. The zero-order valence-electron chi connectivity index (χ0n) is 15.8. The number of anilines is 2. The first-order valence-corrected chi connectivity index (χ1v) is 10.2. The van der Waals surface area contributed by atoms with E-state index in [1.54, 1.807) is 36.2 Å². The number of carbonyl (C=O) groups excluding carboxylic acids is 2. The molecule has 0 radical (unpaired) electrons. The van der Waals surface area contributed by atoms with Crippen molar-refractivity contribution in [2.24, 2.45) is 5.14 Å². The van der Waals surface area contributed by atoms with Crippen molar-refractivity contribution < 1.29 is 18.0 Å². The summed E-state index contributed by atoms with van der Waals surface area (Å²) in [6, 6.07) is 15.7. The number of sulfonamides is 1. The molecule has 0 unspecified atom stereocenters. The van der Waals surface area contributed by atoms with Crippen LogP contribution in [0.4, 0.5) is 16.2 Å². The summed E-state index contributed by atoms with van der Waals surface area (Å²) in [6.45, 7) is 1.32. The summed E-state index contributed by atoms with van der Waals surface area (Å²) in [5.41, 5.74) is 2.14. The maximum atomic E-state index is 12.4.